The maximum atomic E-state index is 14.1. The van der Waals surface area contributed by atoms with E-state index in [4.69, 9.17) is 17.3 Å². The van der Waals surface area contributed by atoms with Crippen LogP contribution in [-0.4, -0.2) is 11.7 Å². The molecule has 2 aromatic rings. The Balaban J connectivity index is 2.48. The average Bonchev–Trinajstić information content (AvgIpc) is 2.45. The Labute approximate surface area is 136 Å². The second-order valence-corrected chi connectivity index (χ2v) is 6.10. The van der Waals surface area contributed by atoms with Gasteiger partial charge in [-0.15, -0.1) is 0 Å². The molecule has 5 heteroatoms. The lowest BCUT2D eigenvalue weighted by Gasteiger charge is -2.25. The Kier molecular flexibility index (Phi) is 5.38. The number of aryl methyl sites for hydroxylation is 1. The van der Waals surface area contributed by atoms with Gasteiger partial charge in [0.2, 0.25) is 0 Å². The number of benzene rings is 2. The maximum Gasteiger partial charge on any atom is 0.128 e. The first-order valence-electron chi connectivity index (χ1n) is 6.54. The third-order valence-electron chi connectivity index (χ3n) is 3.55. The number of hydrogen-bond acceptors (Lipinski definition) is 2. The smallest absolute Gasteiger partial charge is 0.128 e. The molecule has 2 atom stereocenters. The minimum absolute atomic E-state index is 0.0855. The normalized spacial score (nSPS) is 14.0. The second kappa shape index (κ2) is 6.88. The van der Waals surface area contributed by atoms with Crippen LogP contribution >= 0.6 is 27.5 Å². The van der Waals surface area contributed by atoms with Crippen molar-refractivity contribution in [2.75, 3.05) is 6.54 Å². The van der Waals surface area contributed by atoms with E-state index in [-0.39, 0.29) is 17.1 Å². The SMILES string of the molecule is Cc1cccc(C(O)C(CN)c2c(F)cccc2Cl)c1Br. The number of aliphatic hydroxyl groups excluding tert-OH is 1. The van der Waals surface area contributed by atoms with Gasteiger partial charge in [0.15, 0.2) is 0 Å². The molecule has 0 saturated carbocycles. The van der Waals surface area contributed by atoms with Gasteiger partial charge in [-0.25, -0.2) is 4.39 Å². The zero-order valence-electron chi connectivity index (χ0n) is 11.5. The van der Waals surface area contributed by atoms with E-state index in [2.05, 4.69) is 15.9 Å². The molecule has 0 aliphatic carbocycles. The monoisotopic (exact) mass is 371 g/mol. The predicted octanol–water partition coefficient (Wildman–Crippen LogP) is 4.33. The van der Waals surface area contributed by atoms with E-state index in [1.165, 1.54) is 12.1 Å². The first-order valence-corrected chi connectivity index (χ1v) is 7.71. The lowest BCUT2D eigenvalue weighted by molar-refractivity contribution is 0.145. The summed E-state index contributed by atoms with van der Waals surface area (Å²) in [5.74, 6) is -1.07. The van der Waals surface area contributed by atoms with Crippen molar-refractivity contribution in [3.63, 3.8) is 0 Å². The van der Waals surface area contributed by atoms with Crippen LogP contribution in [0.15, 0.2) is 40.9 Å². The minimum Gasteiger partial charge on any atom is -0.388 e. The van der Waals surface area contributed by atoms with Gasteiger partial charge < -0.3 is 10.8 Å². The summed E-state index contributed by atoms with van der Waals surface area (Å²) in [6, 6.07) is 10.0. The van der Waals surface area contributed by atoms with E-state index in [1.54, 1.807) is 12.1 Å². The summed E-state index contributed by atoms with van der Waals surface area (Å²) < 4.78 is 14.9. The Morgan fingerprint density at radius 3 is 2.57 bits per heavy atom. The summed E-state index contributed by atoms with van der Waals surface area (Å²) in [4.78, 5) is 0. The quantitative estimate of drug-likeness (QED) is 0.839. The van der Waals surface area contributed by atoms with Crippen molar-refractivity contribution in [2.45, 2.75) is 18.9 Å². The number of aliphatic hydroxyl groups is 1. The van der Waals surface area contributed by atoms with Crippen LogP contribution in [0.1, 0.15) is 28.7 Å². The minimum atomic E-state index is -0.946. The molecule has 2 unspecified atom stereocenters. The molecule has 0 bridgehead atoms. The van der Waals surface area contributed by atoms with E-state index < -0.39 is 17.8 Å². The van der Waals surface area contributed by atoms with Gasteiger partial charge in [0.05, 0.1) is 6.10 Å². The van der Waals surface area contributed by atoms with Gasteiger partial charge in [-0.2, -0.15) is 0 Å². The Morgan fingerprint density at radius 2 is 1.95 bits per heavy atom. The number of halogens is 3. The molecule has 2 rings (SSSR count). The van der Waals surface area contributed by atoms with E-state index >= 15 is 0 Å². The molecule has 0 radical (unpaired) electrons. The molecule has 0 fully saturated rings. The van der Waals surface area contributed by atoms with Crippen molar-refractivity contribution >= 4 is 27.5 Å². The number of nitrogens with two attached hydrogens (primary N) is 1. The highest BCUT2D eigenvalue weighted by Crippen LogP contribution is 2.38. The summed E-state index contributed by atoms with van der Waals surface area (Å²) in [5, 5.41) is 10.9. The van der Waals surface area contributed by atoms with Crippen molar-refractivity contribution < 1.29 is 9.50 Å². The third-order valence-corrected chi connectivity index (χ3v) is 4.96. The number of hydrogen-bond donors (Lipinski definition) is 2. The Bertz CT molecular complexity index is 630. The molecule has 3 N–H and O–H groups in total. The van der Waals surface area contributed by atoms with Crippen LogP contribution in [0.3, 0.4) is 0 Å². The van der Waals surface area contributed by atoms with Crippen molar-refractivity contribution in [1.29, 1.82) is 0 Å². The molecule has 2 nitrogen and oxygen atoms in total. The van der Waals surface area contributed by atoms with E-state index in [1.807, 2.05) is 19.1 Å². The topological polar surface area (TPSA) is 46.2 Å². The lowest BCUT2D eigenvalue weighted by atomic mass is 9.88. The van der Waals surface area contributed by atoms with Crippen LogP contribution in [0.2, 0.25) is 5.02 Å². The first kappa shape index (κ1) is 16.4. The fourth-order valence-corrected chi connectivity index (χ4v) is 3.19. The van der Waals surface area contributed by atoms with Crippen LogP contribution in [0.5, 0.6) is 0 Å². The molecule has 112 valence electrons. The fourth-order valence-electron chi connectivity index (χ4n) is 2.38. The molecule has 0 heterocycles. The number of rotatable bonds is 4. The molecule has 0 aliphatic heterocycles. The fraction of sp³-hybridized carbons (Fsp3) is 0.250. The van der Waals surface area contributed by atoms with E-state index in [9.17, 15) is 9.50 Å². The standard InChI is InChI=1S/C16H16BrClFNO/c1-9-4-2-5-10(15(9)17)16(21)11(8-20)14-12(18)6-3-7-13(14)19/h2-7,11,16,21H,8,20H2,1H3. The molecule has 0 aromatic heterocycles. The van der Waals surface area contributed by atoms with Gasteiger partial charge in [0.1, 0.15) is 5.82 Å². The molecule has 0 saturated heterocycles. The zero-order valence-corrected chi connectivity index (χ0v) is 13.8. The molecular weight excluding hydrogens is 357 g/mol. The Hall–Kier alpha value is -0.940. The highest BCUT2D eigenvalue weighted by atomic mass is 79.9. The van der Waals surface area contributed by atoms with Gasteiger partial charge in [0.25, 0.3) is 0 Å². The van der Waals surface area contributed by atoms with Gasteiger partial charge in [-0.3, -0.25) is 0 Å². The van der Waals surface area contributed by atoms with Crippen LogP contribution < -0.4 is 5.73 Å². The van der Waals surface area contributed by atoms with Gasteiger partial charge in [0, 0.05) is 27.5 Å². The van der Waals surface area contributed by atoms with Crippen LogP contribution in [-0.2, 0) is 0 Å². The van der Waals surface area contributed by atoms with Gasteiger partial charge >= 0.3 is 0 Å². The molecule has 2 aromatic carbocycles. The van der Waals surface area contributed by atoms with Crippen molar-refractivity contribution in [2.24, 2.45) is 5.73 Å². The lowest BCUT2D eigenvalue weighted by Crippen LogP contribution is -2.22. The van der Waals surface area contributed by atoms with Gasteiger partial charge in [-0.1, -0.05) is 51.8 Å². The summed E-state index contributed by atoms with van der Waals surface area (Å²) >= 11 is 9.55. The second-order valence-electron chi connectivity index (χ2n) is 4.90. The Morgan fingerprint density at radius 1 is 1.29 bits per heavy atom. The van der Waals surface area contributed by atoms with Crippen molar-refractivity contribution in [3.8, 4) is 0 Å². The zero-order chi connectivity index (χ0) is 15.6. The highest BCUT2D eigenvalue weighted by Gasteiger charge is 2.27. The average molecular weight is 373 g/mol. The van der Waals surface area contributed by atoms with Crippen molar-refractivity contribution in [3.05, 3.63) is 68.4 Å². The summed E-state index contributed by atoms with van der Waals surface area (Å²) in [7, 11) is 0. The maximum absolute atomic E-state index is 14.1. The van der Waals surface area contributed by atoms with Crippen molar-refractivity contribution in [1.82, 2.24) is 0 Å². The summed E-state index contributed by atoms with van der Waals surface area (Å²) in [6.07, 6.45) is -0.946. The first-order chi connectivity index (χ1) is 9.97. The van der Waals surface area contributed by atoms with E-state index in [0.29, 0.717) is 5.56 Å². The molecule has 0 amide bonds. The third kappa shape index (κ3) is 3.29. The van der Waals surface area contributed by atoms with Crippen LogP contribution in [0.4, 0.5) is 4.39 Å². The molecular formula is C16H16BrClFNO. The van der Waals surface area contributed by atoms with Crippen LogP contribution in [0, 0.1) is 12.7 Å². The predicted molar refractivity (Wildman–Crippen MR) is 87.0 cm³/mol. The van der Waals surface area contributed by atoms with E-state index in [0.717, 1.165) is 10.0 Å². The summed E-state index contributed by atoms with van der Waals surface area (Å²) in [6.45, 7) is 2.01. The molecule has 21 heavy (non-hydrogen) atoms. The molecule has 0 spiro atoms. The van der Waals surface area contributed by atoms with Gasteiger partial charge in [-0.05, 0) is 30.2 Å². The molecule has 0 aliphatic rings. The summed E-state index contributed by atoms with van der Waals surface area (Å²) in [5.41, 5.74) is 7.68. The van der Waals surface area contributed by atoms with Crippen LogP contribution in [0.25, 0.3) is 0 Å². The largest absolute Gasteiger partial charge is 0.388 e. The highest BCUT2D eigenvalue weighted by molar-refractivity contribution is 9.10.